The van der Waals surface area contributed by atoms with Crippen molar-refractivity contribution in [1.82, 2.24) is 0 Å². The van der Waals surface area contributed by atoms with Gasteiger partial charge in [-0.05, 0) is 22.8 Å². The van der Waals surface area contributed by atoms with Crippen LogP contribution in [0, 0.1) is 0 Å². The van der Waals surface area contributed by atoms with Crippen molar-refractivity contribution in [2.24, 2.45) is 0 Å². The molecule has 0 heterocycles. The highest BCUT2D eigenvalue weighted by Crippen LogP contribution is 2.33. The van der Waals surface area contributed by atoms with E-state index in [1.54, 1.807) is 0 Å². The van der Waals surface area contributed by atoms with Gasteiger partial charge in [0.15, 0.2) is 0 Å². The van der Waals surface area contributed by atoms with Crippen molar-refractivity contribution in [1.29, 1.82) is 0 Å². The molecule has 1 heteroatoms. The molecule has 0 saturated heterocycles. The Balaban J connectivity index is 2.04. The maximum Gasteiger partial charge on any atom is 0.112 e. The molecular weight excluding hydrogens is 208 g/mol. The van der Waals surface area contributed by atoms with Crippen molar-refractivity contribution in [3.05, 3.63) is 77.4 Å². The van der Waals surface area contributed by atoms with E-state index in [4.69, 9.17) is 0 Å². The first-order valence-corrected chi connectivity index (χ1v) is 5.83. The molecule has 84 valence electrons. The highest BCUT2D eigenvalue weighted by molar-refractivity contribution is 5.59. The summed E-state index contributed by atoms with van der Waals surface area (Å²) < 4.78 is 0. The van der Waals surface area contributed by atoms with Gasteiger partial charge in [-0.1, -0.05) is 60.7 Å². The maximum absolute atomic E-state index is 10.7. The molecule has 0 radical (unpaired) electrons. The molecule has 0 spiro atoms. The van der Waals surface area contributed by atoms with Crippen LogP contribution in [0.1, 0.15) is 16.7 Å². The zero-order chi connectivity index (χ0) is 11.7. The van der Waals surface area contributed by atoms with Gasteiger partial charge in [-0.15, -0.1) is 0 Å². The lowest BCUT2D eigenvalue weighted by atomic mass is 9.81. The fraction of sp³-hybridized carbons (Fsp3) is 0.125. The molecule has 0 bridgehead atoms. The minimum Gasteiger partial charge on any atom is -0.381 e. The summed E-state index contributed by atoms with van der Waals surface area (Å²) >= 11 is 0. The highest BCUT2D eigenvalue weighted by atomic mass is 16.3. The van der Waals surface area contributed by atoms with Crippen molar-refractivity contribution in [2.45, 2.75) is 12.0 Å². The molecule has 1 N–H and O–H groups in total. The van der Waals surface area contributed by atoms with Crippen LogP contribution < -0.4 is 0 Å². The van der Waals surface area contributed by atoms with Crippen molar-refractivity contribution in [3.63, 3.8) is 0 Å². The molecule has 1 aliphatic carbocycles. The van der Waals surface area contributed by atoms with E-state index in [0.29, 0.717) is 6.42 Å². The Morgan fingerprint density at radius 2 is 1.59 bits per heavy atom. The number of fused-ring (bicyclic) bond motifs is 1. The molecule has 1 nitrogen and oxygen atoms in total. The Hall–Kier alpha value is -1.86. The third-order valence-electron chi connectivity index (χ3n) is 3.33. The average Bonchev–Trinajstić information content (AvgIpc) is 2.40. The molecule has 17 heavy (non-hydrogen) atoms. The quantitative estimate of drug-likeness (QED) is 0.786. The summed E-state index contributed by atoms with van der Waals surface area (Å²) in [7, 11) is 0. The summed E-state index contributed by atoms with van der Waals surface area (Å²) in [4.78, 5) is 0. The molecule has 0 saturated carbocycles. The Labute approximate surface area is 101 Å². The Morgan fingerprint density at radius 3 is 2.41 bits per heavy atom. The SMILES string of the molecule is OC1(c2ccccc2)C=Cc2ccccc2C1. The van der Waals surface area contributed by atoms with Crippen molar-refractivity contribution < 1.29 is 5.11 Å². The van der Waals surface area contributed by atoms with Crippen molar-refractivity contribution in [2.75, 3.05) is 0 Å². The van der Waals surface area contributed by atoms with Crippen molar-refractivity contribution in [3.8, 4) is 0 Å². The number of aliphatic hydroxyl groups is 1. The second-order valence-corrected chi connectivity index (χ2v) is 4.50. The van der Waals surface area contributed by atoms with Gasteiger partial charge in [0, 0.05) is 6.42 Å². The molecule has 0 fully saturated rings. The molecule has 3 rings (SSSR count). The second kappa shape index (κ2) is 3.86. The first-order valence-electron chi connectivity index (χ1n) is 5.83. The lowest BCUT2D eigenvalue weighted by molar-refractivity contribution is 0.0893. The second-order valence-electron chi connectivity index (χ2n) is 4.50. The van der Waals surface area contributed by atoms with Crippen LogP contribution in [0.25, 0.3) is 6.08 Å². The van der Waals surface area contributed by atoms with Crippen LogP contribution in [0.2, 0.25) is 0 Å². The molecule has 2 aromatic carbocycles. The van der Waals surface area contributed by atoms with Gasteiger partial charge in [-0.25, -0.2) is 0 Å². The first kappa shape index (κ1) is 10.3. The first-order chi connectivity index (χ1) is 8.28. The molecule has 1 atom stereocenters. The van der Waals surface area contributed by atoms with E-state index >= 15 is 0 Å². The molecule has 1 aliphatic rings. The monoisotopic (exact) mass is 222 g/mol. The summed E-state index contributed by atoms with van der Waals surface area (Å²) in [5.41, 5.74) is 2.48. The van der Waals surface area contributed by atoms with Crippen LogP contribution in [-0.2, 0) is 12.0 Å². The zero-order valence-electron chi connectivity index (χ0n) is 9.51. The minimum absolute atomic E-state index is 0.643. The van der Waals surface area contributed by atoms with E-state index in [0.717, 1.165) is 5.56 Å². The standard InChI is InChI=1S/C16H14O/c17-16(15-8-2-1-3-9-15)11-10-13-6-4-5-7-14(13)12-16/h1-11,17H,12H2. The van der Waals surface area contributed by atoms with E-state index in [1.165, 1.54) is 11.1 Å². The van der Waals surface area contributed by atoms with Gasteiger partial charge >= 0.3 is 0 Å². The predicted octanol–water partition coefficient (Wildman–Crippen LogP) is 3.14. The third-order valence-corrected chi connectivity index (χ3v) is 3.33. The van der Waals surface area contributed by atoms with Crippen LogP contribution in [0.15, 0.2) is 60.7 Å². The summed E-state index contributed by atoms with van der Waals surface area (Å²) in [6.07, 6.45) is 4.54. The van der Waals surface area contributed by atoms with Crippen LogP contribution >= 0.6 is 0 Å². The Morgan fingerprint density at radius 1 is 0.882 bits per heavy atom. The summed E-state index contributed by atoms with van der Waals surface area (Å²) in [5, 5.41) is 10.7. The van der Waals surface area contributed by atoms with Crippen LogP contribution in [0.5, 0.6) is 0 Å². The molecule has 0 amide bonds. The van der Waals surface area contributed by atoms with Gasteiger partial charge in [0.1, 0.15) is 5.60 Å². The van der Waals surface area contributed by atoms with E-state index in [1.807, 2.05) is 54.6 Å². The lowest BCUT2D eigenvalue weighted by Gasteiger charge is -2.29. The van der Waals surface area contributed by atoms with Crippen LogP contribution in [-0.4, -0.2) is 5.11 Å². The largest absolute Gasteiger partial charge is 0.381 e. The number of hydrogen-bond donors (Lipinski definition) is 1. The molecule has 2 aromatic rings. The van der Waals surface area contributed by atoms with E-state index in [-0.39, 0.29) is 0 Å². The van der Waals surface area contributed by atoms with Gasteiger partial charge in [0.25, 0.3) is 0 Å². The predicted molar refractivity (Wildman–Crippen MR) is 69.5 cm³/mol. The topological polar surface area (TPSA) is 20.2 Å². The number of benzene rings is 2. The van der Waals surface area contributed by atoms with Crippen LogP contribution in [0.4, 0.5) is 0 Å². The van der Waals surface area contributed by atoms with Gasteiger partial charge < -0.3 is 5.11 Å². The number of hydrogen-bond acceptors (Lipinski definition) is 1. The molecule has 0 aromatic heterocycles. The molecular formula is C16H14O. The fourth-order valence-electron chi connectivity index (χ4n) is 2.36. The van der Waals surface area contributed by atoms with E-state index in [9.17, 15) is 5.11 Å². The Kier molecular flexibility index (Phi) is 2.34. The van der Waals surface area contributed by atoms with Crippen molar-refractivity contribution >= 4 is 6.08 Å². The van der Waals surface area contributed by atoms with Gasteiger partial charge in [-0.2, -0.15) is 0 Å². The maximum atomic E-state index is 10.7. The molecule has 1 unspecified atom stereocenters. The van der Waals surface area contributed by atoms with Gasteiger partial charge in [-0.3, -0.25) is 0 Å². The average molecular weight is 222 g/mol. The van der Waals surface area contributed by atoms with Gasteiger partial charge in [0.2, 0.25) is 0 Å². The normalized spacial score (nSPS) is 22.2. The van der Waals surface area contributed by atoms with E-state index < -0.39 is 5.60 Å². The summed E-state index contributed by atoms with van der Waals surface area (Å²) in [6.45, 7) is 0. The Bertz CT molecular complexity index is 557. The molecule has 0 aliphatic heterocycles. The highest BCUT2D eigenvalue weighted by Gasteiger charge is 2.29. The summed E-state index contributed by atoms with van der Waals surface area (Å²) in [5.74, 6) is 0. The third kappa shape index (κ3) is 1.79. The summed E-state index contributed by atoms with van der Waals surface area (Å²) in [6, 6.07) is 18.0. The minimum atomic E-state index is -0.865. The van der Waals surface area contributed by atoms with E-state index in [2.05, 4.69) is 12.1 Å². The van der Waals surface area contributed by atoms with Crippen LogP contribution in [0.3, 0.4) is 0 Å². The smallest absolute Gasteiger partial charge is 0.112 e. The van der Waals surface area contributed by atoms with Gasteiger partial charge in [0.05, 0.1) is 0 Å². The fourth-order valence-corrected chi connectivity index (χ4v) is 2.36. The number of rotatable bonds is 1. The zero-order valence-corrected chi connectivity index (χ0v) is 9.51. The lowest BCUT2D eigenvalue weighted by Crippen LogP contribution is -2.28.